The Kier molecular flexibility index (Phi) is 7.68. The van der Waals surface area contributed by atoms with Gasteiger partial charge < -0.3 is 8.92 Å². The Morgan fingerprint density at radius 1 is 1.14 bits per heavy atom. The number of nitrogens with zero attached hydrogens (tertiary/aromatic N) is 2. The summed E-state index contributed by atoms with van der Waals surface area (Å²) < 4.78 is 23.1. The lowest BCUT2D eigenvalue weighted by Gasteiger charge is -2.13. The number of hydrogen-bond donors (Lipinski definition) is 2. The highest BCUT2D eigenvalue weighted by Gasteiger charge is 2.12. The van der Waals surface area contributed by atoms with Crippen molar-refractivity contribution < 1.29 is 13.1 Å². The van der Waals surface area contributed by atoms with Gasteiger partial charge in [0.15, 0.2) is 22.5 Å². The van der Waals surface area contributed by atoms with Crippen molar-refractivity contribution in [2.75, 3.05) is 18.3 Å². The number of rotatable bonds is 10. The molecule has 9 heteroatoms. The first kappa shape index (κ1) is 21.4. The smallest absolute Gasteiger partial charge is 0.306 e. The minimum atomic E-state index is -1.86. The monoisotopic (exact) mass is 432 g/mol. The van der Waals surface area contributed by atoms with E-state index in [1.807, 2.05) is 37.3 Å². The molecule has 0 spiro atoms. The predicted octanol–water partition coefficient (Wildman–Crippen LogP) is 4.41. The van der Waals surface area contributed by atoms with Gasteiger partial charge in [0.1, 0.15) is 0 Å². The highest BCUT2D eigenvalue weighted by atomic mass is 32.2. The van der Waals surface area contributed by atoms with Crippen LogP contribution in [0, 0.1) is 6.92 Å². The van der Waals surface area contributed by atoms with Gasteiger partial charge in [-0.05, 0) is 43.2 Å². The molecule has 154 valence electrons. The van der Waals surface area contributed by atoms with Gasteiger partial charge in [0.25, 0.3) is 0 Å². The number of fused-ring (bicyclic) bond motifs is 1. The summed E-state index contributed by atoms with van der Waals surface area (Å²) in [6, 6.07) is 13.1. The summed E-state index contributed by atoms with van der Waals surface area (Å²) in [5.74, 6) is 2.39. The number of thioether (sulfide) groups is 1. The third kappa shape index (κ3) is 5.81. The summed E-state index contributed by atoms with van der Waals surface area (Å²) in [5, 5.41) is 1.50. The van der Waals surface area contributed by atoms with Crippen LogP contribution >= 0.6 is 11.8 Å². The van der Waals surface area contributed by atoms with Crippen LogP contribution in [0.4, 0.5) is 5.82 Å². The van der Waals surface area contributed by atoms with Crippen LogP contribution in [-0.2, 0) is 11.3 Å². The van der Waals surface area contributed by atoms with Gasteiger partial charge in [-0.25, -0.2) is 9.97 Å². The highest BCUT2D eigenvalue weighted by molar-refractivity contribution is 7.99. The molecule has 0 aliphatic rings. The molecule has 1 heterocycles. The molecule has 1 aromatic heterocycles. The first-order chi connectivity index (χ1) is 14.1. The van der Waals surface area contributed by atoms with E-state index >= 15 is 0 Å². The van der Waals surface area contributed by atoms with Gasteiger partial charge in [0.2, 0.25) is 0 Å². The van der Waals surface area contributed by atoms with Gasteiger partial charge in [-0.15, -0.1) is 4.83 Å². The second-order valence-electron chi connectivity index (χ2n) is 6.27. The van der Waals surface area contributed by atoms with Crippen molar-refractivity contribution in [1.82, 2.24) is 14.8 Å². The van der Waals surface area contributed by atoms with Crippen LogP contribution in [0.5, 0.6) is 11.5 Å². The van der Waals surface area contributed by atoms with E-state index in [1.54, 1.807) is 23.9 Å². The Balaban J connectivity index is 1.74. The average molecular weight is 433 g/mol. The minimum absolute atomic E-state index is 0.392. The molecule has 3 aromatic rings. The van der Waals surface area contributed by atoms with Crippen LogP contribution in [0.1, 0.15) is 25.3 Å². The highest BCUT2D eigenvalue weighted by Crippen LogP contribution is 2.28. The molecule has 0 radical (unpaired) electrons. The van der Waals surface area contributed by atoms with Crippen molar-refractivity contribution in [2.24, 2.45) is 0 Å². The van der Waals surface area contributed by atoms with Crippen molar-refractivity contribution in [3.63, 3.8) is 0 Å². The molecule has 0 aliphatic heterocycles. The van der Waals surface area contributed by atoms with Crippen LogP contribution in [-0.4, -0.2) is 27.0 Å². The van der Waals surface area contributed by atoms with E-state index < -0.39 is 11.3 Å². The van der Waals surface area contributed by atoms with Crippen molar-refractivity contribution in [1.29, 1.82) is 0 Å². The molecule has 7 nitrogen and oxygen atoms in total. The molecule has 0 saturated heterocycles. The molecule has 3 rings (SSSR count). The molecule has 2 aromatic carbocycles. The molecular weight excluding hydrogens is 408 g/mol. The van der Waals surface area contributed by atoms with Crippen molar-refractivity contribution in [3.05, 3.63) is 48.0 Å². The molecule has 0 fully saturated rings. The van der Waals surface area contributed by atoms with Gasteiger partial charge in [0, 0.05) is 11.1 Å². The standard InChI is InChI=1S/C20H24N4O3S2/c1-4-5-12-28-20-21-16-9-7-6-8-15(16)19(22-20)23-24-29(25)27-18-13-14(2)10-11-17(18)26-3/h6-11,13,24H,4-5,12H2,1-3H3,(H,21,22,23). The Bertz CT molecular complexity index is 1000. The number of nitrogens with one attached hydrogen (secondary N) is 2. The zero-order chi connectivity index (χ0) is 20.6. The minimum Gasteiger partial charge on any atom is -0.493 e. The number of methoxy groups -OCH3 is 1. The first-order valence-electron chi connectivity index (χ1n) is 9.26. The molecule has 29 heavy (non-hydrogen) atoms. The van der Waals surface area contributed by atoms with E-state index in [4.69, 9.17) is 8.92 Å². The summed E-state index contributed by atoms with van der Waals surface area (Å²) in [7, 11) is 1.54. The zero-order valence-electron chi connectivity index (χ0n) is 16.6. The lowest BCUT2D eigenvalue weighted by atomic mass is 10.2. The van der Waals surface area contributed by atoms with Crippen molar-refractivity contribution in [3.8, 4) is 11.5 Å². The molecule has 1 atom stereocenters. The number of para-hydroxylation sites is 1. The van der Waals surface area contributed by atoms with E-state index in [9.17, 15) is 4.21 Å². The maximum atomic E-state index is 12.4. The maximum Gasteiger partial charge on any atom is 0.306 e. The first-order valence-corrected chi connectivity index (χ1v) is 11.3. The summed E-state index contributed by atoms with van der Waals surface area (Å²) >= 11 is -0.252. The van der Waals surface area contributed by atoms with Gasteiger partial charge >= 0.3 is 11.3 Å². The Morgan fingerprint density at radius 2 is 1.97 bits per heavy atom. The maximum absolute atomic E-state index is 12.4. The fourth-order valence-corrected chi connectivity index (χ4v) is 4.01. The second-order valence-corrected chi connectivity index (χ2v) is 8.18. The number of aryl methyl sites for hydroxylation is 1. The summed E-state index contributed by atoms with van der Waals surface area (Å²) in [5.41, 5.74) is 4.70. The number of benzene rings is 2. The quantitative estimate of drug-likeness (QED) is 0.212. The summed E-state index contributed by atoms with van der Waals surface area (Å²) in [6.07, 6.45) is 2.21. The third-order valence-corrected chi connectivity index (χ3v) is 5.58. The van der Waals surface area contributed by atoms with Crippen LogP contribution < -0.4 is 19.2 Å². The molecule has 2 N–H and O–H groups in total. The number of aromatic nitrogens is 2. The number of anilines is 1. The van der Waals surface area contributed by atoms with Crippen molar-refractivity contribution in [2.45, 2.75) is 31.8 Å². The average Bonchev–Trinajstić information content (AvgIpc) is 2.72. The normalized spacial score (nSPS) is 12.0. The lowest BCUT2D eigenvalue weighted by molar-refractivity contribution is 0.396. The van der Waals surface area contributed by atoms with E-state index in [0.29, 0.717) is 22.5 Å². The van der Waals surface area contributed by atoms with Crippen LogP contribution in [0.3, 0.4) is 0 Å². The summed E-state index contributed by atoms with van der Waals surface area (Å²) in [4.78, 5) is 11.8. The fraction of sp³-hybridized carbons (Fsp3) is 0.300. The largest absolute Gasteiger partial charge is 0.493 e. The van der Waals surface area contributed by atoms with Gasteiger partial charge in [-0.1, -0.05) is 43.3 Å². The number of hydrazine groups is 1. The Labute approximate surface area is 177 Å². The van der Waals surface area contributed by atoms with E-state index in [2.05, 4.69) is 27.1 Å². The number of unbranched alkanes of at least 4 members (excludes halogenated alkanes) is 1. The number of ether oxygens (including phenoxy) is 1. The molecule has 0 aliphatic carbocycles. The molecule has 0 bridgehead atoms. The van der Waals surface area contributed by atoms with E-state index in [-0.39, 0.29) is 0 Å². The van der Waals surface area contributed by atoms with Gasteiger partial charge in [-0.2, -0.15) is 4.21 Å². The molecule has 1 unspecified atom stereocenters. The SMILES string of the molecule is CCCCSc1nc(NNS(=O)Oc2cc(C)ccc2OC)c2ccccc2n1. The van der Waals surface area contributed by atoms with Crippen LogP contribution in [0.15, 0.2) is 47.6 Å². The summed E-state index contributed by atoms with van der Waals surface area (Å²) in [6.45, 7) is 4.07. The Hall–Kier alpha value is -2.36. The Morgan fingerprint density at radius 3 is 2.76 bits per heavy atom. The lowest BCUT2D eigenvalue weighted by Crippen LogP contribution is -2.28. The second kappa shape index (κ2) is 10.4. The number of hydrogen-bond acceptors (Lipinski definition) is 7. The molecule has 0 amide bonds. The molecule has 0 saturated carbocycles. The van der Waals surface area contributed by atoms with Crippen molar-refractivity contribution >= 4 is 39.7 Å². The molecular formula is C20H24N4O3S2. The van der Waals surface area contributed by atoms with E-state index in [1.165, 1.54) is 7.11 Å². The van der Waals surface area contributed by atoms with Gasteiger partial charge in [-0.3, -0.25) is 5.43 Å². The topological polar surface area (TPSA) is 85.4 Å². The van der Waals surface area contributed by atoms with Gasteiger partial charge in [0.05, 0.1) is 12.6 Å². The zero-order valence-corrected chi connectivity index (χ0v) is 18.2. The van der Waals surface area contributed by atoms with E-state index in [0.717, 1.165) is 35.1 Å². The predicted molar refractivity (Wildman–Crippen MR) is 118 cm³/mol. The third-order valence-electron chi connectivity index (χ3n) is 4.05. The fourth-order valence-electron chi connectivity index (χ4n) is 2.56. The van der Waals surface area contributed by atoms with Crippen LogP contribution in [0.2, 0.25) is 0 Å². The van der Waals surface area contributed by atoms with Crippen LogP contribution in [0.25, 0.3) is 10.9 Å².